The Morgan fingerprint density at radius 1 is 1.14 bits per heavy atom. The predicted molar refractivity (Wildman–Crippen MR) is 109 cm³/mol. The number of carbonyl (C=O) groups excluding carboxylic acids is 1. The van der Waals surface area contributed by atoms with Gasteiger partial charge in [-0.15, -0.1) is 0 Å². The van der Waals surface area contributed by atoms with Gasteiger partial charge in [0.2, 0.25) is 6.79 Å². The van der Waals surface area contributed by atoms with E-state index in [9.17, 15) is 4.79 Å². The van der Waals surface area contributed by atoms with E-state index in [1.54, 1.807) is 0 Å². The highest BCUT2D eigenvalue weighted by molar-refractivity contribution is 5.95. The van der Waals surface area contributed by atoms with Crippen molar-refractivity contribution in [2.24, 2.45) is 0 Å². The second-order valence-corrected chi connectivity index (χ2v) is 7.58. The van der Waals surface area contributed by atoms with E-state index in [0.717, 1.165) is 45.4 Å². The van der Waals surface area contributed by atoms with Crippen LogP contribution in [0.1, 0.15) is 42.1 Å². The van der Waals surface area contributed by atoms with Gasteiger partial charge in [-0.1, -0.05) is 37.3 Å². The first-order valence-corrected chi connectivity index (χ1v) is 10.2. The Balaban J connectivity index is 1.48. The van der Waals surface area contributed by atoms with Gasteiger partial charge in [0, 0.05) is 31.2 Å². The molecule has 0 spiro atoms. The maximum Gasteiger partial charge on any atom is 0.254 e. The molecule has 0 unspecified atom stereocenters. The number of rotatable bonds is 6. The van der Waals surface area contributed by atoms with Gasteiger partial charge in [-0.05, 0) is 49.6 Å². The third-order valence-electron chi connectivity index (χ3n) is 5.52. The molecule has 28 heavy (non-hydrogen) atoms. The average molecular weight is 380 g/mol. The van der Waals surface area contributed by atoms with E-state index in [0.29, 0.717) is 17.1 Å². The number of fused-ring (bicyclic) bond motifs is 1. The van der Waals surface area contributed by atoms with Crippen molar-refractivity contribution in [3.05, 3.63) is 59.7 Å². The summed E-state index contributed by atoms with van der Waals surface area (Å²) in [4.78, 5) is 17.8. The van der Waals surface area contributed by atoms with E-state index in [2.05, 4.69) is 47.1 Å². The molecular formula is C23H28N2O3. The fourth-order valence-electron chi connectivity index (χ4n) is 4.16. The Morgan fingerprint density at radius 3 is 2.79 bits per heavy atom. The Labute approximate surface area is 166 Å². The molecule has 4 rings (SSSR count). The lowest BCUT2D eigenvalue weighted by Crippen LogP contribution is -2.50. The van der Waals surface area contributed by atoms with Crippen molar-refractivity contribution >= 4 is 5.91 Å². The van der Waals surface area contributed by atoms with Crippen LogP contribution in [0, 0.1) is 0 Å². The molecule has 1 fully saturated rings. The van der Waals surface area contributed by atoms with Crippen molar-refractivity contribution in [2.75, 3.05) is 26.4 Å². The van der Waals surface area contributed by atoms with Gasteiger partial charge in [0.05, 0.1) is 0 Å². The zero-order valence-corrected chi connectivity index (χ0v) is 16.5. The molecule has 1 saturated heterocycles. The standard InChI is InChI=1S/C23H28N2O3/c1-2-12-25(23(26)19-10-11-21-22(14-19)28-17-27-21)20-9-6-13-24(16-20)15-18-7-4-3-5-8-18/h3-5,7-8,10-11,14,20H,2,6,9,12-13,15-17H2,1H3/t20-/m0/s1. The van der Waals surface area contributed by atoms with Crippen LogP contribution in [0.4, 0.5) is 0 Å². The molecule has 0 saturated carbocycles. The SMILES string of the molecule is CCCN(C(=O)c1ccc2c(c1)OCO2)[C@H]1CCCN(Cc2ccccc2)C1. The maximum atomic E-state index is 13.3. The molecule has 148 valence electrons. The van der Waals surface area contributed by atoms with Crippen molar-refractivity contribution in [3.8, 4) is 11.5 Å². The molecule has 1 atom stereocenters. The van der Waals surface area contributed by atoms with Gasteiger partial charge in [0.1, 0.15) is 0 Å². The molecule has 0 aliphatic carbocycles. The molecule has 5 nitrogen and oxygen atoms in total. The van der Waals surface area contributed by atoms with E-state index >= 15 is 0 Å². The van der Waals surface area contributed by atoms with E-state index in [4.69, 9.17) is 9.47 Å². The van der Waals surface area contributed by atoms with Crippen molar-refractivity contribution in [1.29, 1.82) is 0 Å². The summed E-state index contributed by atoms with van der Waals surface area (Å²) >= 11 is 0. The van der Waals surface area contributed by atoms with Gasteiger partial charge in [-0.2, -0.15) is 0 Å². The minimum absolute atomic E-state index is 0.0895. The van der Waals surface area contributed by atoms with Crippen LogP contribution in [0.15, 0.2) is 48.5 Å². The number of ether oxygens (including phenoxy) is 2. The van der Waals surface area contributed by atoms with Crippen LogP contribution in [0.25, 0.3) is 0 Å². The lowest BCUT2D eigenvalue weighted by molar-refractivity contribution is 0.0534. The second kappa shape index (κ2) is 8.65. The summed E-state index contributed by atoms with van der Waals surface area (Å²) in [5, 5.41) is 0. The molecule has 0 aromatic heterocycles. The summed E-state index contributed by atoms with van der Waals surface area (Å²) in [7, 11) is 0. The highest BCUT2D eigenvalue weighted by Crippen LogP contribution is 2.33. The van der Waals surface area contributed by atoms with Gasteiger partial charge < -0.3 is 14.4 Å². The first kappa shape index (κ1) is 18.8. The first-order valence-electron chi connectivity index (χ1n) is 10.2. The van der Waals surface area contributed by atoms with Gasteiger partial charge >= 0.3 is 0 Å². The normalized spacial score (nSPS) is 18.8. The first-order chi connectivity index (χ1) is 13.7. The highest BCUT2D eigenvalue weighted by atomic mass is 16.7. The molecule has 2 heterocycles. The number of amides is 1. The number of benzene rings is 2. The largest absolute Gasteiger partial charge is 0.454 e. The van der Waals surface area contributed by atoms with Crippen LogP contribution >= 0.6 is 0 Å². The molecule has 0 bridgehead atoms. The number of hydrogen-bond acceptors (Lipinski definition) is 4. The van der Waals surface area contributed by atoms with Gasteiger partial charge in [0.15, 0.2) is 11.5 Å². The van der Waals surface area contributed by atoms with Crippen LogP contribution in [0.3, 0.4) is 0 Å². The van der Waals surface area contributed by atoms with Crippen LogP contribution in [-0.2, 0) is 6.54 Å². The Hall–Kier alpha value is -2.53. The molecule has 2 aromatic rings. The maximum absolute atomic E-state index is 13.3. The summed E-state index contributed by atoms with van der Waals surface area (Å²) in [6.45, 7) is 6.08. The fraction of sp³-hybridized carbons (Fsp3) is 0.435. The Morgan fingerprint density at radius 2 is 1.96 bits per heavy atom. The lowest BCUT2D eigenvalue weighted by atomic mass is 10.0. The molecule has 2 aliphatic rings. The fourth-order valence-corrected chi connectivity index (χ4v) is 4.16. The molecule has 0 N–H and O–H groups in total. The molecule has 5 heteroatoms. The minimum atomic E-state index is 0.0895. The zero-order chi connectivity index (χ0) is 19.3. The van der Waals surface area contributed by atoms with Crippen LogP contribution in [0.2, 0.25) is 0 Å². The summed E-state index contributed by atoms with van der Waals surface area (Å²) in [5.74, 6) is 1.47. The number of nitrogens with zero attached hydrogens (tertiary/aromatic N) is 2. The average Bonchev–Trinajstić information content (AvgIpc) is 3.20. The number of piperidine rings is 1. The van der Waals surface area contributed by atoms with Gasteiger partial charge in [-0.3, -0.25) is 9.69 Å². The smallest absolute Gasteiger partial charge is 0.254 e. The van der Waals surface area contributed by atoms with Crippen molar-refractivity contribution in [3.63, 3.8) is 0 Å². The molecular weight excluding hydrogens is 352 g/mol. The Kier molecular flexibility index (Phi) is 5.81. The summed E-state index contributed by atoms with van der Waals surface area (Å²) in [5.41, 5.74) is 2.00. The number of carbonyl (C=O) groups is 1. The van der Waals surface area contributed by atoms with Gasteiger partial charge in [0.25, 0.3) is 5.91 Å². The highest BCUT2D eigenvalue weighted by Gasteiger charge is 2.29. The van der Waals surface area contributed by atoms with Crippen LogP contribution in [0.5, 0.6) is 11.5 Å². The van der Waals surface area contributed by atoms with Gasteiger partial charge in [-0.25, -0.2) is 0 Å². The van der Waals surface area contributed by atoms with Crippen LogP contribution < -0.4 is 9.47 Å². The Bertz CT molecular complexity index is 809. The predicted octanol–water partition coefficient (Wildman–Crippen LogP) is 3.93. The van der Waals surface area contributed by atoms with Crippen LogP contribution in [-0.4, -0.2) is 48.2 Å². The van der Waals surface area contributed by atoms with Crippen molar-refractivity contribution < 1.29 is 14.3 Å². The summed E-state index contributed by atoms with van der Waals surface area (Å²) in [6, 6.07) is 16.3. The topological polar surface area (TPSA) is 42.0 Å². The zero-order valence-electron chi connectivity index (χ0n) is 16.5. The lowest BCUT2D eigenvalue weighted by Gasteiger charge is -2.39. The third kappa shape index (κ3) is 4.14. The summed E-state index contributed by atoms with van der Waals surface area (Å²) < 4.78 is 10.8. The quantitative estimate of drug-likeness (QED) is 0.761. The minimum Gasteiger partial charge on any atom is -0.454 e. The number of likely N-dealkylation sites (tertiary alicyclic amines) is 1. The molecule has 2 aliphatic heterocycles. The van der Waals surface area contributed by atoms with Crippen molar-refractivity contribution in [2.45, 2.75) is 38.8 Å². The van der Waals surface area contributed by atoms with Crippen molar-refractivity contribution in [1.82, 2.24) is 9.80 Å². The van der Waals surface area contributed by atoms with E-state index < -0.39 is 0 Å². The summed E-state index contributed by atoms with van der Waals surface area (Å²) in [6.07, 6.45) is 3.12. The molecule has 1 amide bonds. The van der Waals surface area contributed by atoms with E-state index in [1.807, 2.05) is 18.2 Å². The monoisotopic (exact) mass is 380 g/mol. The molecule has 2 aromatic carbocycles. The second-order valence-electron chi connectivity index (χ2n) is 7.58. The van der Waals surface area contributed by atoms with E-state index in [1.165, 1.54) is 5.56 Å². The van der Waals surface area contributed by atoms with E-state index in [-0.39, 0.29) is 18.7 Å². The number of hydrogen-bond donors (Lipinski definition) is 0. The third-order valence-corrected chi connectivity index (χ3v) is 5.52. The molecule has 0 radical (unpaired) electrons.